The molecule has 2 heterocycles. The number of hydrogen-bond donors (Lipinski definition) is 13. The number of carbonyl (C=O) groups excluding carboxylic acids is 8. The number of rotatable bonds is 29. The van der Waals surface area contributed by atoms with Crippen LogP contribution in [0, 0.1) is 5.92 Å². The SMILES string of the molecule is CSCCC(NC(=O)C(CCC(N)=O)NC(=O)C(CCCCN)NC(=O)C(N)Cc1c[nH]c2ccccc12)C(=O)NC(CO)C(=O)NC(C(=O)NC(Cc1c[nH]c2ccccc12)C(N)=O)C(C)C. The van der Waals surface area contributed by atoms with Gasteiger partial charge in [0.15, 0.2) is 0 Å². The van der Waals surface area contributed by atoms with Crippen LogP contribution in [0.4, 0.5) is 0 Å². The van der Waals surface area contributed by atoms with E-state index in [2.05, 4.69) is 41.9 Å². The smallest absolute Gasteiger partial charge is 0.245 e. The Balaban J connectivity index is 1.44. The average Bonchev–Trinajstić information content (AvgIpc) is 3.92. The molecule has 4 rings (SSSR count). The normalized spacial score (nSPS) is 14.5. The third kappa shape index (κ3) is 15.8. The number of carbonyl (C=O) groups is 8. The summed E-state index contributed by atoms with van der Waals surface area (Å²) in [6, 6.07) is 5.98. The number of aromatic amines is 2. The topological polar surface area (TPSA) is 365 Å². The number of aromatic nitrogens is 2. The lowest BCUT2D eigenvalue weighted by Gasteiger charge is -2.28. The molecule has 0 aliphatic carbocycles. The van der Waals surface area contributed by atoms with Crippen molar-refractivity contribution in [2.24, 2.45) is 28.9 Å². The monoisotopic (exact) mass is 962 g/mol. The highest BCUT2D eigenvalue weighted by molar-refractivity contribution is 7.98. The lowest BCUT2D eigenvalue weighted by molar-refractivity contribution is -0.136. The van der Waals surface area contributed by atoms with Crippen molar-refractivity contribution >= 4 is 80.8 Å². The Bertz CT molecular complexity index is 2370. The fraction of sp³-hybridized carbons (Fsp3) is 0.478. The van der Waals surface area contributed by atoms with Crippen molar-refractivity contribution in [1.82, 2.24) is 41.9 Å². The van der Waals surface area contributed by atoms with Crippen LogP contribution < -0.4 is 54.8 Å². The molecule has 0 saturated carbocycles. The van der Waals surface area contributed by atoms with Crippen molar-refractivity contribution in [3.8, 4) is 0 Å². The number of H-pyrrole nitrogens is 2. The maximum atomic E-state index is 14.0. The number of hydrogen-bond acceptors (Lipinski definition) is 12. The first-order chi connectivity index (χ1) is 32.5. The number of nitrogens with one attached hydrogen (secondary N) is 8. The van der Waals surface area contributed by atoms with Crippen LogP contribution in [-0.2, 0) is 51.2 Å². The lowest BCUT2D eigenvalue weighted by Crippen LogP contribution is -2.61. The second-order valence-electron chi connectivity index (χ2n) is 16.9. The molecule has 2 aromatic carbocycles. The van der Waals surface area contributed by atoms with E-state index < -0.39 is 102 Å². The number of unbranched alkanes of at least 4 members (excludes halogenated alkanes) is 1. The fourth-order valence-electron chi connectivity index (χ4n) is 7.53. The van der Waals surface area contributed by atoms with Crippen LogP contribution in [0.2, 0.25) is 0 Å². The second kappa shape index (κ2) is 26.7. The molecular weight excluding hydrogens is 897 g/mol. The van der Waals surface area contributed by atoms with Gasteiger partial charge in [0.05, 0.1) is 12.6 Å². The highest BCUT2D eigenvalue weighted by Gasteiger charge is 2.34. The summed E-state index contributed by atoms with van der Waals surface area (Å²) >= 11 is 1.35. The van der Waals surface area contributed by atoms with E-state index >= 15 is 0 Å². The first-order valence-electron chi connectivity index (χ1n) is 22.5. The Morgan fingerprint density at radius 3 is 1.62 bits per heavy atom. The molecule has 4 aromatic rings. The number of amides is 8. The van der Waals surface area contributed by atoms with Crippen molar-refractivity contribution in [3.63, 3.8) is 0 Å². The molecule has 7 atom stereocenters. The van der Waals surface area contributed by atoms with E-state index in [0.717, 1.165) is 32.9 Å². The molecule has 22 heteroatoms. The van der Waals surface area contributed by atoms with E-state index in [0.29, 0.717) is 25.1 Å². The van der Waals surface area contributed by atoms with Gasteiger partial charge in [-0.3, -0.25) is 38.4 Å². The molecule has 0 aliphatic rings. The molecule has 7 unspecified atom stereocenters. The summed E-state index contributed by atoms with van der Waals surface area (Å²) in [6.07, 6.45) is 5.98. The van der Waals surface area contributed by atoms with Gasteiger partial charge in [0.25, 0.3) is 0 Å². The van der Waals surface area contributed by atoms with Gasteiger partial charge < -0.3 is 69.9 Å². The summed E-state index contributed by atoms with van der Waals surface area (Å²) in [5.74, 6) is -6.56. The predicted molar refractivity (Wildman–Crippen MR) is 259 cm³/mol. The summed E-state index contributed by atoms with van der Waals surface area (Å²) in [7, 11) is 0. The summed E-state index contributed by atoms with van der Waals surface area (Å²) < 4.78 is 0. The number of fused-ring (bicyclic) bond motifs is 2. The first kappa shape index (κ1) is 54.1. The van der Waals surface area contributed by atoms with Crippen LogP contribution in [0.25, 0.3) is 21.8 Å². The standard InChI is InChI=1S/C46H66N12O9S/c1-25(2)39(46(67)56-36(40(50)61)21-27-23-52-32-13-7-5-11-29(27)32)58-45(66)37(24-59)57-44(65)35(17-19-68-3)55-43(64)34(15-16-38(49)60)54-42(63)33(14-8-9-18-47)53-41(62)30(48)20-26-22-51-31-12-6-4-10-28(26)31/h4-7,10-13,22-23,25,30,33-37,39,51-52,59H,8-9,14-21,24,47-48H2,1-3H3,(H2,49,60)(H2,50,61)(H,53,62)(H,54,63)(H,55,64)(H,56,67)(H,57,65)(H,58,66). The zero-order chi connectivity index (χ0) is 49.9. The zero-order valence-corrected chi connectivity index (χ0v) is 39.4. The highest BCUT2D eigenvalue weighted by Crippen LogP contribution is 2.21. The van der Waals surface area contributed by atoms with Gasteiger partial charge in [0, 0.05) is 47.0 Å². The van der Waals surface area contributed by atoms with Crippen LogP contribution in [-0.4, -0.2) is 130 Å². The molecule has 0 saturated heterocycles. The molecule has 68 heavy (non-hydrogen) atoms. The van der Waals surface area contributed by atoms with E-state index in [-0.39, 0.29) is 38.5 Å². The molecule has 8 amide bonds. The fourth-order valence-corrected chi connectivity index (χ4v) is 8.01. The quantitative estimate of drug-likeness (QED) is 0.0290. The predicted octanol–water partition coefficient (Wildman–Crippen LogP) is -1.05. The number of benzene rings is 2. The van der Waals surface area contributed by atoms with Crippen molar-refractivity contribution in [1.29, 1.82) is 0 Å². The van der Waals surface area contributed by atoms with E-state index in [1.807, 2.05) is 48.5 Å². The van der Waals surface area contributed by atoms with E-state index in [1.165, 1.54) is 11.8 Å². The van der Waals surface area contributed by atoms with Crippen molar-refractivity contribution in [3.05, 3.63) is 72.1 Å². The summed E-state index contributed by atoms with van der Waals surface area (Å²) in [6.45, 7) is 2.71. The Labute approximate surface area is 398 Å². The Morgan fingerprint density at radius 1 is 0.618 bits per heavy atom. The average molecular weight is 963 g/mol. The van der Waals surface area contributed by atoms with Crippen LogP contribution in [0.5, 0.6) is 0 Å². The Kier molecular flexibility index (Phi) is 21.3. The van der Waals surface area contributed by atoms with Crippen molar-refractivity contribution in [2.45, 2.75) is 108 Å². The highest BCUT2D eigenvalue weighted by atomic mass is 32.2. The molecule has 2 aromatic heterocycles. The van der Waals surface area contributed by atoms with Crippen molar-refractivity contribution in [2.75, 3.05) is 25.2 Å². The molecular formula is C46H66N12O9S. The summed E-state index contributed by atoms with van der Waals surface area (Å²) in [5, 5.41) is 27.5. The van der Waals surface area contributed by atoms with Crippen LogP contribution in [0.3, 0.4) is 0 Å². The molecule has 0 aliphatic heterocycles. The van der Waals surface area contributed by atoms with Gasteiger partial charge in [-0.2, -0.15) is 11.8 Å². The molecule has 0 radical (unpaired) electrons. The molecule has 17 N–H and O–H groups in total. The Hall–Kier alpha value is -6.49. The molecule has 0 spiro atoms. The van der Waals surface area contributed by atoms with E-state index in [4.69, 9.17) is 22.9 Å². The third-order valence-corrected chi connectivity index (χ3v) is 12.1. The van der Waals surface area contributed by atoms with Gasteiger partial charge in [0.2, 0.25) is 47.3 Å². The number of primary amides is 2. The second-order valence-corrected chi connectivity index (χ2v) is 17.9. The maximum absolute atomic E-state index is 14.0. The Morgan fingerprint density at radius 2 is 1.10 bits per heavy atom. The zero-order valence-electron chi connectivity index (χ0n) is 38.6. The molecule has 0 fully saturated rings. The van der Waals surface area contributed by atoms with Gasteiger partial charge in [0.1, 0.15) is 36.3 Å². The van der Waals surface area contributed by atoms with Crippen molar-refractivity contribution < 1.29 is 43.5 Å². The minimum atomic E-state index is -1.60. The van der Waals surface area contributed by atoms with Gasteiger partial charge in [-0.05, 0) is 86.3 Å². The van der Waals surface area contributed by atoms with Crippen LogP contribution in [0.1, 0.15) is 63.5 Å². The number of aliphatic hydroxyl groups is 1. The number of aliphatic hydroxyl groups excluding tert-OH is 1. The minimum absolute atomic E-state index is 0.0308. The summed E-state index contributed by atoms with van der Waals surface area (Å²) in [5.41, 5.74) is 26.4. The van der Waals surface area contributed by atoms with Gasteiger partial charge in [-0.1, -0.05) is 50.2 Å². The van der Waals surface area contributed by atoms with Gasteiger partial charge in [-0.15, -0.1) is 0 Å². The molecule has 370 valence electrons. The minimum Gasteiger partial charge on any atom is -0.394 e. The lowest BCUT2D eigenvalue weighted by atomic mass is 10.0. The maximum Gasteiger partial charge on any atom is 0.245 e. The number of para-hydroxylation sites is 2. The van der Waals surface area contributed by atoms with E-state index in [9.17, 15) is 43.5 Å². The largest absolute Gasteiger partial charge is 0.394 e. The van der Waals surface area contributed by atoms with Gasteiger partial charge >= 0.3 is 0 Å². The number of nitrogens with two attached hydrogens (primary N) is 4. The number of thioether (sulfide) groups is 1. The third-order valence-electron chi connectivity index (χ3n) is 11.4. The van der Waals surface area contributed by atoms with E-state index in [1.54, 1.807) is 32.5 Å². The first-order valence-corrected chi connectivity index (χ1v) is 23.9. The van der Waals surface area contributed by atoms with Crippen LogP contribution in [0.15, 0.2) is 60.9 Å². The molecule has 0 bridgehead atoms. The van der Waals surface area contributed by atoms with Gasteiger partial charge in [-0.25, -0.2) is 0 Å². The van der Waals surface area contributed by atoms with Crippen LogP contribution >= 0.6 is 11.8 Å². The summed E-state index contributed by atoms with van der Waals surface area (Å²) in [4.78, 5) is 113. The molecule has 21 nitrogen and oxygen atoms in total.